The molecular weight excluding hydrogens is 668 g/mol. The van der Waals surface area contributed by atoms with Crippen molar-refractivity contribution in [2.24, 2.45) is 0 Å². The molecule has 0 spiro atoms. The number of carbonyl (C=O) groups excluding carboxylic acids is 1. The van der Waals surface area contributed by atoms with Crippen molar-refractivity contribution in [2.75, 3.05) is 85.1 Å². The fraction of sp³-hybridized carbons (Fsp3) is 0.548. The monoisotopic (exact) mass is 712 g/mol. The number of hydrogen-bond acceptors (Lipinski definition) is 15. The molecule has 0 saturated carbocycles. The lowest BCUT2D eigenvalue weighted by atomic mass is 10.2. The molecule has 0 aliphatic carbocycles. The topological polar surface area (TPSA) is 245 Å². The second-order valence-electron chi connectivity index (χ2n) is 12.0. The summed E-state index contributed by atoms with van der Waals surface area (Å²) < 4.78 is 7.49. The van der Waals surface area contributed by atoms with Crippen LogP contribution in [0.3, 0.4) is 0 Å². The summed E-state index contributed by atoms with van der Waals surface area (Å²) in [6, 6.07) is 7.21. The third kappa shape index (κ3) is 14.3. The molecule has 0 unspecified atom stereocenters. The lowest BCUT2D eigenvalue weighted by molar-refractivity contribution is -0.140. The number of carboxylic acids is 3. The van der Waals surface area contributed by atoms with Crippen LogP contribution in [-0.4, -0.2) is 179 Å². The van der Waals surface area contributed by atoms with Gasteiger partial charge < -0.3 is 25.4 Å². The first-order chi connectivity index (χ1) is 24.5. The third-order valence-corrected chi connectivity index (χ3v) is 7.92. The molecule has 1 aliphatic heterocycles. The maximum atomic E-state index is 12.9. The highest BCUT2D eigenvalue weighted by molar-refractivity contribution is 5.78. The number of aromatic nitrogens is 7. The van der Waals surface area contributed by atoms with E-state index in [9.17, 15) is 34.5 Å². The van der Waals surface area contributed by atoms with Crippen molar-refractivity contribution in [3.63, 3.8) is 0 Å². The van der Waals surface area contributed by atoms with Crippen molar-refractivity contribution in [1.29, 1.82) is 0 Å². The van der Waals surface area contributed by atoms with Crippen molar-refractivity contribution in [3.05, 3.63) is 42.0 Å². The van der Waals surface area contributed by atoms with Gasteiger partial charge in [0.2, 0.25) is 11.7 Å². The molecule has 4 N–H and O–H groups in total. The van der Waals surface area contributed by atoms with Crippen molar-refractivity contribution in [2.45, 2.75) is 26.5 Å². The van der Waals surface area contributed by atoms with Crippen LogP contribution in [0.4, 0.5) is 0 Å². The lowest BCUT2D eigenvalue weighted by Gasteiger charge is -2.32. The fourth-order valence-electron chi connectivity index (χ4n) is 5.28. The van der Waals surface area contributed by atoms with Crippen LogP contribution in [-0.2, 0) is 32.3 Å². The van der Waals surface area contributed by atoms with Crippen LogP contribution < -0.4 is 10.1 Å². The molecule has 1 aromatic carbocycles. The van der Waals surface area contributed by atoms with Gasteiger partial charge in [-0.05, 0) is 37.6 Å². The van der Waals surface area contributed by atoms with Crippen molar-refractivity contribution in [1.82, 2.24) is 60.3 Å². The Balaban J connectivity index is 1.22. The van der Waals surface area contributed by atoms with Gasteiger partial charge in [0, 0.05) is 71.0 Å². The number of amides is 1. The molecule has 4 rings (SSSR count). The molecule has 1 fully saturated rings. The molecule has 20 heteroatoms. The van der Waals surface area contributed by atoms with Gasteiger partial charge in [0.25, 0.3) is 0 Å². The standard InChI is InChI=1S/C31H44N12O8/c1-23-33-36-31(37-34-23)24-3-5-26(6-4-24)51-22-25-17-43(38-35-25)8-2-7-32-27(44)18-39-9-11-40(19-28(45)46)13-15-42(21-30(49)50)16-14-41(12-10-39)20-29(47)48/h3-6,17H,2,7-16,18-22H2,1H3,(H,32,44)(H,45,46)(H,47,48)(H,49,50). The highest BCUT2D eigenvalue weighted by atomic mass is 16.5. The largest absolute Gasteiger partial charge is 0.487 e. The Morgan fingerprint density at radius 1 is 0.706 bits per heavy atom. The molecule has 3 aromatic rings. The Hall–Kier alpha value is -5.18. The molecule has 1 aliphatic rings. The number of aryl methyl sites for hydroxylation is 2. The smallest absolute Gasteiger partial charge is 0.317 e. The minimum atomic E-state index is -1.02. The minimum absolute atomic E-state index is 0.0462. The van der Waals surface area contributed by atoms with Crippen LogP contribution in [0.1, 0.15) is 17.9 Å². The van der Waals surface area contributed by atoms with Crippen LogP contribution >= 0.6 is 0 Å². The number of nitrogens with one attached hydrogen (secondary N) is 1. The van der Waals surface area contributed by atoms with E-state index in [1.165, 1.54) is 0 Å². The van der Waals surface area contributed by atoms with Crippen molar-refractivity contribution in [3.8, 4) is 17.1 Å². The second-order valence-corrected chi connectivity index (χ2v) is 12.0. The summed E-state index contributed by atoms with van der Waals surface area (Å²) >= 11 is 0. The molecule has 1 saturated heterocycles. The van der Waals surface area contributed by atoms with Gasteiger partial charge in [0.1, 0.15) is 18.1 Å². The van der Waals surface area contributed by atoms with Crippen molar-refractivity contribution >= 4 is 23.8 Å². The summed E-state index contributed by atoms with van der Waals surface area (Å²) in [6.45, 7) is 4.80. The predicted molar refractivity (Wildman–Crippen MR) is 178 cm³/mol. The SMILES string of the molecule is Cc1nnc(-c2ccc(OCc3cn(CCCNC(=O)CN4CCN(CC(=O)O)CCN(CC(=O)O)CCN(CC(=O)O)CC4)nn3)cc2)nn1. The van der Waals surface area contributed by atoms with Crippen LogP contribution in [0.15, 0.2) is 30.5 Å². The predicted octanol–water partition coefficient (Wildman–Crippen LogP) is -1.61. The average Bonchev–Trinajstić information content (AvgIpc) is 3.54. The number of hydrogen-bond donors (Lipinski definition) is 4. The highest BCUT2D eigenvalue weighted by Crippen LogP contribution is 2.19. The van der Waals surface area contributed by atoms with Crippen molar-refractivity contribution < 1.29 is 39.2 Å². The second kappa shape index (κ2) is 19.9. The number of benzene rings is 1. The Morgan fingerprint density at radius 3 is 1.69 bits per heavy atom. The average molecular weight is 713 g/mol. The molecule has 0 radical (unpaired) electrons. The zero-order valence-corrected chi connectivity index (χ0v) is 28.5. The van der Waals surface area contributed by atoms with Crippen LogP contribution in [0.2, 0.25) is 0 Å². The van der Waals surface area contributed by atoms with Gasteiger partial charge in [-0.3, -0.25) is 43.5 Å². The van der Waals surface area contributed by atoms with Gasteiger partial charge in [0.15, 0.2) is 5.82 Å². The lowest BCUT2D eigenvalue weighted by Crippen LogP contribution is -2.49. The first-order valence-electron chi connectivity index (χ1n) is 16.5. The zero-order chi connectivity index (χ0) is 36.6. The maximum Gasteiger partial charge on any atom is 0.317 e. The zero-order valence-electron chi connectivity index (χ0n) is 28.5. The first kappa shape index (κ1) is 38.6. The Morgan fingerprint density at radius 2 is 1.20 bits per heavy atom. The van der Waals surface area contributed by atoms with Crippen LogP contribution in [0.5, 0.6) is 5.75 Å². The molecule has 2 aromatic heterocycles. The minimum Gasteiger partial charge on any atom is -0.487 e. The summed E-state index contributed by atoms with van der Waals surface area (Å²) in [6.07, 6.45) is 2.37. The van der Waals surface area contributed by atoms with E-state index in [4.69, 9.17) is 4.74 Å². The quantitative estimate of drug-likeness (QED) is 0.122. The highest BCUT2D eigenvalue weighted by Gasteiger charge is 2.21. The molecule has 51 heavy (non-hydrogen) atoms. The summed E-state index contributed by atoms with van der Waals surface area (Å²) in [5.74, 6) is -1.71. The van der Waals surface area contributed by atoms with Crippen LogP contribution in [0.25, 0.3) is 11.4 Å². The number of carboxylic acid groups (broad SMARTS) is 3. The summed E-state index contributed by atoms with van der Waals surface area (Å²) in [4.78, 5) is 54.2. The number of rotatable bonds is 16. The van der Waals surface area contributed by atoms with E-state index in [-0.39, 0.29) is 38.7 Å². The van der Waals surface area contributed by atoms with Gasteiger partial charge in [-0.25, -0.2) is 0 Å². The Labute approximate surface area is 294 Å². The molecule has 276 valence electrons. The summed E-state index contributed by atoms with van der Waals surface area (Å²) in [5, 5.41) is 55.2. The number of ether oxygens (including phenoxy) is 1. The van der Waals surface area contributed by atoms with Gasteiger partial charge >= 0.3 is 17.9 Å². The number of carbonyl (C=O) groups is 4. The summed E-state index contributed by atoms with van der Waals surface area (Å²) in [5.41, 5.74) is 1.40. The molecule has 1 amide bonds. The van der Waals surface area contributed by atoms with E-state index in [1.54, 1.807) is 44.6 Å². The molecule has 0 atom stereocenters. The van der Waals surface area contributed by atoms with E-state index < -0.39 is 17.9 Å². The number of nitrogens with zero attached hydrogens (tertiary/aromatic N) is 11. The van der Waals surface area contributed by atoms with Gasteiger partial charge in [-0.15, -0.1) is 25.5 Å². The Kier molecular flexibility index (Phi) is 15.0. The molecular formula is C31H44N12O8. The van der Waals surface area contributed by atoms with E-state index in [0.717, 1.165) is 5.56 Å². The Bertz CT molecular complexity index is 1540. The fourth-order valence-corrected chi connectivity index (χ4v) is 5.28. The van der Waals surface area contributed by atoms with E-state index >= 15 is 0 Å². The van der Waals surface area contributed by atoms with Gasteiger partial charge in [-0.1, -0.05) is 5.21 Å². The van der Waals surface area contributed by atoms with Gasteiger partial charge in [0.05, 0.1) is 32.4 Å². The van der Waals surface area contributed by atoms with Crippen LogP contribution in [0, 0.1) is 6.92 Å². The molecule has 3 heterocycles. The molecule has 20 nitrogen and oxygen atoms in total. The number of aliphatic carboxylic acids is 3. The molecule has 0 bridgehead atoms. The van der Waals surface area contributed by atoms with E-state index in [1.807, 2.05) is 17.0 Å². The first-order valence-corrected chi connectivity index (χ1v) is 16.5. The summed E-state index contributed by atoms with van der Waals surface area (Å²) in [7, 11) is 0. The normalized spacial score (nSPS) is 15.8. The van der Waals surface area contributed by atoms with E-state index in [2.05, 4.69) is 36.0 Å². The maximum absolute atomic E-state index is 12.9. The third-order valence-electron chi connectivity index (χ3n) is 7.92. The van der Waals surface area contributed by atoms with Gasteiger partial charge in [-0.2, -0.15) is 0 Å². The van der Waals surface area contributed by atoms with E-state index in [0.29, 0.717) is 95.0 Å².